The normalized spacial score (nSPS) is 11.3. The maximum absolute atomic E-state index is 12.6. The molecule has 26 heavy (non-hydrogen) atoms. The molecule has 0 N–H and O–H groups in total. The Morgan fingerprint density at radius 2 is 1.50 bits per heavy atom. The molecule has 3 aromatic rings. The number of aromatic nitrogens is 1. The molecule has 0 atom stereocenters. The molecule has 0 bridgehead atoms. The van der Waals surface area contributed by atoms with E-state index in [-0.39, 0.29) is 11.2 Å². The van der Waals surface area contributed by atoms with Gasteiger partial charge in [-0.25, -0.2) is 0 Å². The van der Waals surface area contributed by atoms with Crippen molar-refractivity contribution < 1.29 is 4.79 Å². The first kappa shape index (κ1) is 18.1. The average Bonchev–Trinajstić information content (AvgIpc) is 2.73. The number of nitrogens with zero attached hydrogens (tertiary/aromatic N) is 1. The summed E-state index contributed by atoms with van der Waals surface area (Å²) in [6, 6.07) is 21.6. The van der Waals surface area contributed by atoms with E-state index in [1.165, 1.54) is 5.56 Å². The van der Waals surface area contributed by atoms with E-state index in [1.807, 2.05) is 42.5 Å². The minimum atomic E-state index is 0.00453. The van der Waals surface area contributed by atoms with Crippen molar-refractivity contribution in [3.8, 4) is 11.3 Å². The Morgan fingerprint density at radius 1 is 0.846 bits per heavy atom. The number of hydrogen-bond acceptors (Lipinski definition) is 2. The summed E-state index contributed by atoms with van der Waals surface area (Å²) in [5, 5.41) is 0. The maximum Gasteiger partial charge on any atom is 0.194 e. The predicted molar refractivity (Wildman–Crippen MR) is 107 cm³/mol. The van der Waals surface area contributed by atoms with Gasteiger partial charge in [0.2, 0.25) is 0 Å². The van der Waals surface area contributed by atoms with E-state index in [9.17, 15) is 4.79 Å². The number of rotatable bonds is 6. The Morgan fingerprint density at radius 3 is 2.12 bits per heavy atom. The second kappa shape index (κ2) is 7.65. The van der Waals surface area contributed by atoms with Crippen LogP contribution in [0.5, 0.6) is 0 Å². The van der Waals surface area contributed by atoms with Crippen molar-refractivity contribution in [1.82, 2.24) is 4.98 Å². The highest BCUT2D eigenvalue weighted by atomic mass is 16.1. The van der Waals surface area contributed by atoms with E-state index in [4.69, 9.17) is 0 Å². The number of benzene rings is 2. The molecule has 0 aliphatic rings. The van der Waals surface area contributed by atoms with Crippen LogP contribution in [0.2, 0.25) is 0 Å². The first-order valence-electron chi connectivity index (χ1n) is 9.24. The van der Waals surface area contributed by atoms with Crippen LogP contribution in [0.25, 0.3) is 11.3 Å². The smallest absolute Gasteiger partial charge is 0.194 e. The lowest BCUT2D eigenvalue weighted by Gasteiger charge is -2.29. The van der Waals surface area contributed by atoms with Gasteiger partial charge in [-0.3, -0.25) is 9.78 Å². The highest BCUT2D eigenvalue weighted by Crippen LogP contribution is 2.37. The van der Waals surface area contributed by atoms with E-state index in [0.717, 1.165) is 24.1 Å². The van der Waals surface area contributed by atoms with Crippen molar-refractivity contribution in [2.75, 3.05) is 0 Å². The lowest BCUT2D eigenvalue weighted by atomic mass is 9.75. The van der Waals surface area contributed by atoms with Gasteiger partial charge in [-0.05, 0) is 36.0 Å². The summed E-state index contributed by atoms with van der Waals surface area (Å²) in [6.07, 6.45) is 3.84. The van der Waals surface area contributed by atoms with Crippen LogP contribution in [0.15, 0.2) is 72.9 Å². The molecule has 2 nitrogen and oxygen atoms in total. The molecule has 0 fully saturated rings. The highest BCUT2D eigenvalue weighted by Gasteiger charge is 2.25. The van der Waals surface area contributed by atoms with Crippen LogP contribution < -0.4 is 0 Å². The molecular weight excluding hydrogens is 318 g/mol. The van der Waals surface area contributed by atoms with Crippen LogP contribution in [0.1, 0.15) is 55.1 Å². The fraction of sp³-hybridized carbons (Fsp3) is 0.250. The predicted octanol–water partition coefficient (Wildman–Crippen LogP) is 6.06. The summed E-state index contributed by atoms with van der Waals surface area (Å²) in [5.74, 6) is 0.00453. The maximum atomic E-state index is 12.6. The van der Waals surface area contributed by atoms with Gasteiger partial charge in [0.1, 0.15) is 0 Å². The number of ketones is 1. The fourth-order valence-electron chi connectivity index (χ4n) is 3.31. The van der Waals surface area contributed by atoms with Gasteiger partial charge in [0, 0.05) is 22.9 Å². The molecule has 2 aromatic carbocycles. The van der Waals surface area contributed by atoms with E-state index < -0.39 is 0 Å². The average molecular weight is 343 g/mol. The van der Waals surface area contributed by atoms with Gasteiger partial charge in [0.05, 0.1) is 5.69 Å². The zero-order valence-corrected chi connectivity index (χ0v) is 15.7. The van der Waals surface area contributed by atoms with Crippen LogP contribution in [-0.2, 0) is 5.41 Å². The molecule has 0 saturated carbocycles. The molecule has 1 aromatic heterocycles. The second-order valence-electron chi connectivity index (χ2n) is 6.94. The molecule has 0 aliphatic carbocycles. The molecule has 0 radical (unpaired) electrons. The quantitative estimate of drug-likeness (QED) is 0.509. The molecule has 132 valence electrons. The van der Waals surface area contributed by atoms with Gasteiger partial charge in [-0.1, -0.05) is 75.4 Å². The SMILES string of the molecule is CCC(C)(CC)c1ccccc1-c1ccc(C(=O)c2ccccc2)cn1. The molecular formula is C24H25NO. The summed E-state index contributed by atoms with van der Waals surface area (Å²) in [7, 11) is 0. The number of pyridine rings is 1. The zero-order chi connectivity index (χ0) is 18.6. The number of carbonyl (C=O) groups excluding carboxylic acids is 1. The molecule has 0 saturated heterocycles. The number of carbonyl (C=O) groups is 1. The third-order valence-electron chi connectivity index (χ3n) is 5.48. The van der Waals surface area contributed by atoms with Crippen LogP contribution in [0.4, 0.5) is 0 Å². The summed E-state index contributed by atoms with van der Waals surface area (Å²) in [6.45, 7) is 6.77. The van der Waals surface area contributed by atoms with Crippen molar-refractivity contribution in [2.45, 2.75) is 39.0 Å². The molecule has 0 spiro atoms. The summed E-state index contributed by atoms with van der Waals surface area (Å²) in [4.78, 5) is 17.2. The van der Waals surface area contributed by atoms with E-state index in [0.29, 0.717) is 11.1 Å². The van der Waals surface area contributed by atoms with Crippen LogP contribution in [0, 0.1) is 0 Å². The van der Waals surface area contributed by atoms with E-state index >= 15 is 0 Å². The van der Waals surface area contributed by atoms with Crippen molar-refractivity contribution in [3.63, 3.8) is 0 Å². The zero-order valence-electron chi connectivity index (χ0n) is 15.7. The fourth-order valence-corrected chi connectivity index (χ4v) is 3.31. The molecule has 0 aliphatic heterocycles. The van der Waals surface area contributed by atoms with Crippen molar-refractivity contribution in [1.29, 1.82) is 0 Å². The van der Waals surface area contributed by atoms with E-state index in [2.05, 4.69) is 50.0 Å². The van der Waals surface area contributed by atoms with Crippen LogP contribution in [-0.4, -0.2) is 10.8 Å². The second-order valence-corrected chi connectivity index (χ2v) is 6.94. The van der Waals surface area contributed by atoms with Crippen LogP contribution in [0.3, 0.4) is 0 Å². The first-order valence-corrected chi connectivity index (χ1v) is 9.24. The third kappa shape index (κ3) is 3.45. The monoisotopic (exact) mass is 343 g/mol. The molecule has 2 heteroatoms. The molecule has 0 amide bonds. The Hall–Kier alpha value is -2.74. The minimum Gasteiger partial charge on any atom is -0.289 e. The van der Waals surface area contributed by atoms with Gasteiger partial charge in [-0.15, -0.1) is 0 Å². The highest BCUT2D eigenvalue weighted by molar-refractivity contribution is 6.08. The van der Waals surface area contributed by atoms with Crippen molar-refractivity contribution in [2.24, 2.45) is 0 Å². The van der Waals surface area contributed by atoms with Gasteiger partial charge < -0.3 is 0 Å². The van der Waals surface area contributed by atoms with Gasteiger partial charge in [0.15, 0.2) is 5.78 Å². The topological polar surface area (TPSA) is 30.0 Å². The molecule has 1 heterocycles. The Kier molecular flexibility index (Phi) is 5.32. The summed E-state index contributed by atoms with van der Waals surface area (Å²) in [5.41, 5.74) is 4.81. The van der Waals surface area contributed by atoms with Gasteiger partial charge in [0.25, 0.3) is 0 Å². The summed E-state index contributed by atoms with van der Waals surface area (Å²) >= 11 is 0. The van der Waals surface area contributed by atoms with Gasteiger partial charge in [-0.2, -0.15) is 0 Å². The largest absolute Gasteiger partial charge is 0.289 e. The van der Waals surface area contributed by atoms with Gasteiger partial charge >= 0.3 is 0 Å². The number of hydrogen-bond donors (Lipinski definition) is 0. The molecule has 0 unspecified atom stereocenters. The third-order valence-corrected chi connectivity index (χ3v) is 5.48. The Labute approximate surface area is 155 Å². The summed E-state index contributed by atoms with van der Waals surface area (Å²) < 4.78 is 0. The Balaban J connectivity index is 1.97. The lowest BCUT2D eigenvalue weighted by molar-refractivity contribution is 0.103. The van der Waals surface area contributed by atoms with Crippen LogP contribution >= 0.6 is 0 Å². The standard InChI is InChI=1S/C24H25NO/c1-4-24(3,5-2)21-14-10-9-13-20(21)22-16-15-19(17-25-22)23(26)18-11-7-6-8-12-18/h6-17H,4-5H2,1-3H3. The van der Waals surface area contributed by atoms with Crippen molar-refractivity contribution >= 4 is 5.78 Å². The van der Waals surface area contributed by atoms with Crippen molar-refractivity contribution in [3.05, 3.63) is 89.6 Å². The van der Waals surface area contributed by atoms with E-state index in [1.54, 1.807) is 6.20 Å². The Bertz CT molecular complexity index is 878. The molecule has 3 rings (SSSR count). The first-order chi connectivity index (χ1) is 12.6. The lowest BCUT2D eigenvalue weighted by Crippen LogP contribution is -2.20. The minimum absolute atomic E-state index is 0.00453.